The molecule has 76 heavy (non-hydrogen) atoms. The first-order valence-electron chi connectivity index (χ1n) is 26.8. The third-order valence-corrected chi connectivity index (χ3v) is 15.0. The molecule has 18 nitrogen and oxygen atoms in total. The van der Waals surface area contributed by atoms with E-state index in [0.717, 1.165) is 53.7 Å². The van der Waals surface area contributed by atoms with Gasteiger partial charge >= 0.3 is 11.9 Å². The molecular formula is C58H70N8O10. The summed E-state index contributed by atoms with van der Waals surface area (Å²) in [6, 6.07) is 27.5. The molecule has 4 aliphatic rings. The molecule has 4 aromatic rings. The second kappa shape index (κ2) is 26.4. The second-order valence-electron chi connectivity index (χ2n) is 20.6. The molecule has 8 unspecified atom stereocenters. The highest BCUT2D eigenvalue weighted by Crippen LogP contribution is 2.26. The Bertz CT molecular complexity index is 2680. The number of aliphatic carboxylic acids is 2. The van der Waals surface area contributed by atoms with E-state index < -0.39 is 65.9 Å². The third-order valence-electron chi connectivity index (χ3n) is 15.0. The minimum Gasteiger partial charge on any atom is -0.480 e. The van der Waals surface area contributed by atoms with E-state index in [1.165, 1.54) is 4.90 Å². The predicted octanol–water partition coefficient (Wildman–Crippen LogP) is 3.30. The Morgan fingerprint density at radius 1 is 0.500 bits per heavy atom. The Hall–Kier alpha value is -7.44. The summed E-state index contributed by atoms with van der Waals surface area (Å²) in [6.07, 6.45) is 5.46. The van der Waals surface area contributed by atoms with Crippen molar-refractivity contribution in [2.24, 2.45) is 0 Å². The Morgan fingerprint density at radius 2 is 1.03 bits per heavy atom. The second-order valence-corrected chi connectivity index (χ2v) is 20.6. The lowest BCUT2D eigenvalue weighted by atomic mass is 9.96. The number of rotatable bonds is 23. The van der Waals surface area contributed by atoms with Gasteiger partial charge < -0.3 is 51.9 Å². The zero-order valence-corrected chi connectivity index (χ0v) is 42.8. The summed E-state index contributed by atoms with van der Waals surface area (Å²) in [5.41, 5.74) is 4.75. The number of nitrogens with zero attached hydrogens (tertiary/aromatic N) is 2. The van der Waals surface area contributed by atoms with E-state index in [1.807, 2.05) is 84.9 Å². The largest absolute Gasteiger partial charge is 0.480 e. The topological polar surface area (TPSA) is 256 Å². The molecule has 0 aromatic heterocycles. The molecule has 8 N–H and O–H groups in total. The Labute approximate surface area is 443 Å². The summed E-state index contributed by atoms with van der Waals surface area (Å²) < 4.78 is 0. The maximum atomic E-state index is 14.3. The van der Waals surface area contributed by atoms with Crippen LogP contribution in [0.4, 0.5) is 0 Å². The minimum absolute atomic E-state index is 0.0553. The third kappa shape index (κ3) is 14.9. The van der Waals surface area contributed by atoms with Crippen molar-refractivity contribution in [2.45, 2.75) is 138 Å². The highest BCUT2D eigenvalue weighted by Gasteiger charge is 2.40. The lowest BCUT2D eigenvalue weighted by Crippen LogP contribution is -2.54. The van der Waals surface area contributed by atoms with E-state index in [0.29, 0.717) is 57.1 Å². The van der Waals surface area contributed by atoms with Gasteiger partial charge in [-0.25, -0.2) is 9.59 Å². The van der Waals surface area contributed by atoms with Crippen molar-refractivity contribution < 1.29 is 48.6 Å². The SMILES string of the molecule is O=C(CC(Cc1ccc(-c2cccc(CC(NC(=O)CC(Cc3ccccc3)NC(=O)C3CCCN3)C(=O)N3CCCC3C(=O)O)c2)cc1)NC(=O)C1CCCN1C(=O)C1CCCN1)NC(Cc1ccccc1)C(=O)O. The summed E-state index contributed by atoms with van der Waals surface area (Å²) in [4.78, 5) is 110. The van der Waals surface area contributed by atoms with Crippen LogP contribution in [0.25, 0.3) is 11.1 Å². The Kier molecular flexibility index (Phi) is 19.0. The molecule has 0 saturated carbocycles. The number of amides is 6. The van der Waals surface area contributed by atoms with E-state index in [4.69, 9.17) is 0 Å². The molecule has 0 spiro atoms. The average Bonchev–Trinajstić information content (AvgIpc) is 4.29. The van der Waals surface area contributed by atoms with Gasteiger partial charge in [0.25, 0.3) is 0 Å². The fourth-order valence-corrected chi connectivity index (χ4v) is 11.1. The van der Waals surface area contributed by atoms with Crippen LogP contribution in [0.15, 0.2) is 109 Å². The van der Waals surface area contributed by atoms with Gasteiger partial charge in [-0.05, 0) is 111 Å². The molecule has 6 amide bonds. The van der Waals surface area contributed by atoms with Crippen molar-refractivity contribution in [1.29, 1.82) is 0 Å². The van der Waals surface area contributed by atoms with Gasteiger partial charge in [-0.3, -0.25) is 28.8 Å². The molecule has 0 bridgehead atoms. The number of hydrogen-bond acceptors (Lipinski definition) is 10. The van der Waals surface area contributed by atoms with Crippen molar-refractivity contribution >= 4 is 47.4 Å². The fraction of sp³-hybridized carbons (Fsp3) is 0.448. The lowest BCUT2D eigenvalue weighted by molar-refractivity contribution is -0.149. The quantitative estimate of drug-likeness (QED) is 0.0533. The summed E-state index contributed by atoms with van der Waals surface area (Å²) in [7, 11) is 0. The van der Waals surface area contributed by atoms with Crippen LogP contribution in [-0.2, 0) is 64.0 Å². The van der Waals surface area contributed by atoms with Crippen LogP contribution < -0.4 is 31.9 Å². The van der Waals surface area contributed by atoms with Crippen LogP contribution in [-0.4, -0.2) is 142 Å². The van der Waals surface area contributed by atoms with Gasteiger partial charge in [0.2, 0.25) is 35.4 Å². The molecule has 4 aliphatic heterocycles. The Morgan fingerprint density at radius 3 is 1.62 bits per heavy atom. The fourth-order valence-electron chi connectivity index (χ4n) is 11.1. The molecular weight excluding hydrogens is 969 g/mol. The number of carboxylic acid groups (broad SMARTS) is 2. The molecule has 18 heteroatoms. The first-order valence-corrected chi connectivity index (χ1v) is 26.8. The van der Waals surface area contributed by atoms with Gasteiger partial charge in [0, 0.05) is 50.9 Å². The maximum Gasteiger partial charge on any atom is 0.326 e. The number of carboxylic acids is 2. The standard InChI is InChI=1S/C58H70N8O10/c67-51(35-43(31-37-12-3-1-4-13-37)61-53(69)45-18-8-26-59-45)63-47(56(72)66-29-11-21-50(66)58(75)76)34-40-16-7-17-42(30-40)41-24-22-39(23-25-41)32-44(36-52(68)64-48(57(73)74)33-38-14-5-2-6-15-38)62-54(70)49-20-10-28-65(49)55(71)46-19-9-27-60-46/h1-7,12-17,22-25,30,43-50,59-60H,8-11,18-21,26-29,31-36H2,(H,61,69)(H,62,70)(H,63,67)(H,64,68)(H,73,74)(H,75,76). The number of nitrogens with one attached hydrogen (secondary N) is 6. The van der Waals surface area contributed by atoms with E-state index in [-0.39, 0.29) is 68.5 Å². The number of likely N-dealkylation sites (tertiary alicyclic amines) is 2. The van der Waals surface area contributed by atoms with Crippen LogP contribution in [0.5, 0.6) is 0 Å². The number of benzene rings is 4. The van der Waals surface area contributed by atoms with Crippen molar-refractivity contribution in [3.8, 4) is 11.1 Å². The van der Waals surface area contributed by atoms with Gasteiger partial charge in [-0.15, -0.1) is 0 Å². The predicted molar refractivity (Wildman–Crippen MR) is 283 cm³/mol. The average molecular weight is 1040 g/mol. The van der Waals surface area contributed by atoms with Gasteiger partial charge in [0.05, 0.1) is 12.1 Å². The number of carbonyl (C=O) groups excluding carboxylic acids is 6. The molecule has 4 fully saturated rings. The molecule has 4 saturated heterocycles. The van der Waals surface area contributed by atoms with Crippen molar-refractivity contribution in [2.75, 3.05) is 26.2 Å². The molecule has 4 heterocycles. The maximum absolute atomic E-state index is 14.3. The first kappa shape index (κ1) is 54.8. The van der Waals surface area contributed by atoms with E-state index in [2.05, 4.69) is 31.9 Å². The molecule has 4 aromatic carbocycles. The number of hydrogen-bond donors (Lipinski definition) is 8. The highest BCUT2D eigenvalue weighted by molar-refractivity contribution is 5.93. The van der Waals surface area contributed by atoms with Gasteiger partial charge in [-0.2, -0.15) is 0 Å². The number of carbonyl (C=O) groups is 8. The summed E-state index contributed by atoms with van der Waals surface area (Å²) in [5.74, 6) is -4.50. The highest BCUT2D eigenvalue weighted by atomic mass is 16.4. The van der Waals surface area contributed by atoms with Gasteiger partial charge in [0.15, 0.2) is 0 Å². The van der Waals surface area contributed by atoms with Crippen LogP contribution in [0, 0.1) is 0 Å². The molecule has 0 aliphatic carbocycles. The van der Waals surface area contributed by atoms with E-state index in [9.17, 15) is 48.6 Å². The smallest absolute Gasteiger partial charge is 0.326 e. The van der Waals surface area contributed by atoms with Crippen molar-refractivity contribution in [1.82, 2.24) is 41.7 Å². The van der Waals surface area contributed by atoms with Crippen LogP contribution >= 0.6 is 0 Å². The molecule has 8 rings (SSSR count). The monoisotopic (exact) mass is 1040 g/mol. The summed E-state index contributed by atoms with van der Waals surface area (Å²) in [6.45, 7) is 2.15. The van der Waals surface area contributed by atoms with Gasteiger partial charge in [-0.1, -0.05) is 109 Å². The first-order chi connectivity index (χ1) is 36.8. The lowest BCUT2D eigenvalue weighted by Gasteiger charge is -2.28. The van der Waals surface area contributed by atoms with E-state index >= 15 is 0 Å². The minimum atomic E-state index is -1.20. The Balaban J connectivity index is 0.978. The zero-order valence-electron chi connectivity index (χ0n) is 42.8. The summed E-state index contributed by atoms with van der Waals surface area (Å²) >= 11 is 0. The van der Waals surface area contributed by atoms with Crippen LogP contribution in [0.3, 0.4) is 0 Å². The van der Waals surface area contributed by atoms with Crippen LogP contribution in [0.2, 0.25) is 0 Å². The molecule has 0 radical (unpaired) electrons. The normalized spacial score (nSPS) is 20.7. The molecule has 402 valence electrons. The summed E-state index contributed by atoms with van der Waals surface area (Å²) in [5, 5.41) is 38.2. The van der Waals surface area contributed by atoms with Crippen LogP contribution in [0.1, 0.15) is 86.5 Å². The van der Waals surface area contributed by atoms with Gasteiger partial charge in [0.1, 0.15) is 24.2 Å². The zero-order chi connectivity index (χ0) is 53.6. The van der Waals surface area contributed by atoms with Crippen molar-refractivity contribution in [3.05, 3.63) is 131 Å². The van der Waals surface area contributed by atoms with E-state index in [1.54, 1.807) is 29.2 Å². The molecule has 8 atom stereocenters. The van der Waals surface area contributed by atoms with Crippen molar-refractivity contribution in [3.63, 3.8) is 0 Å².